The molecule has 0 bridgehead atoms. The number of hydrogen-bond donors (Lipinski definition) is 0. The van der Waals surface area contributed by atoms with E-state index in [0.29, 0.717) is 0 Å². The van der Waals surface area contributed by atoms with E-state index in [2.05, 4.69) is 64.6 Å². The Balaban J connectivity index is 1.71. The number of hydrogen-bond acceptors (Lipinski definition) is 4. The van der Waals surface area contributed by atoms with Gasteiger partial charge < -0.3 is 9.16 Å². The van der Waals surface area contributed by atoms with Crippen LogP contribution in [-0.4, -0.2) is 33.8 Å². The quantitative estimate of drug-likeness (QED) is 0.219. The van der Waals surface area contributed by atoms with Crippen molar-refractivity contribution in [3.63, 3.8) is 0 Å². The Morgan fingerprint density at radius 3 is 2.11 bits per heavy atom. The van der Waals surface area contributed by atoms with Gasteiger partial charge in [-0.15, -0.1) is 0 Å². The Labute approximate surface area is 216 Å². The van der Waals surface area contributed by atoms with Gasteiger partial charge >= 0.3 is 5.97 Å². The van der Waals surface area contributed by atoms with E-state index in [1.54, 1.807) is 0 Å². The third-order valence-corrected chi connectivity index (χ3v) is 13.2. The molecule has 0 radical (unpaired) electrons. The largest absolute Gasteiger partial charge is 0.468 e. The minimum Gasteiger partial charge on any atom is -0.468 e. The second-order valence-electron chi connectivity index (χ2n) is 11.5. The van der Waals surface area contributed by atoms with Crippen molar-refractivity contribution < 1.29 is 18.8 Å². The number of carbonyl (C=O) groups excluding carboxylic acids is 2. The lowest BCUT2D eigenvalue weighted by Gasteiger charge is -2.43. The predicted octanol–water partition coefficient (Wildman–Crippen LogP) is 5.08. The van der Waals surface area contributed by atoms with Crippen molar-refractivity contribution in [1.82, 2.24) is 0 Å². The SMILES string of the molecule is C=C1CC[C@@]2(C)C=C[C@H](C(C(=O)CO[Si](c3ccccc3)(c3ccccc3)C(C)(C)C)C(=O)OC)[C@@H]12. The summed E-state index contributed by atoms with van der Waals surface area (Å²) >= 11 is 0. The average Bonchev–Trinajstić information content (AvgIpc) is 3.35. The summed E-state index contributed by atoms with van der Waals surface area (Å²) in [4.78, 5) is 26.9. The summed E-state index contributed by atoms with van der Waals surface area (Å²) in [6.45, 7) is 12.9. The summed E-state index contributed by atoms with van der Waals surface area (Å²) in [5.41, 5.74) is 1.05. The second kappa shape index (κ2) is 9.95. The van der Waals surface area contributed by atoms with Crippen LogP contribution in [0.2, 0.25) is 5.04 Å². The summed E-state index contributed by atoms with van der Waals surface area (Å²) in [5.74, 6) is -1.82. The number of ketones is 1. The summed E-state index contributed by atoms with van der Waals surface area (Å²) in [5, 5.41) is 1.94. The summed E-state index contributed by atoms with van der Waals surface area (Å²) in [7, 11) is -1.55. The summed E-state index contributed by atoms with van der Waals surface area (Å²) < 4.78 is 12.0. The summed E-state index contributed by atoms with van der Waals surface area (Å²) in [6, 6.07) is 20.4. The third kappa shape index (κ3) is 4.44. The van der Waals surface area contributed by atoms with Gasteiger partial charge in [0.05, 0.1) is 13.7 Å². The van der Waals surface area contributed by atoms with E-state index in [0.717, 1.165) is 28.8 Å². The van der Waals surface area contributed by atoms with Crippen molar-refractivity contribution >= 4 is 30.4 Å². The summed E-state index contributed by atoms with van der Waals surface area (Å²) in [6.07, 6.45) is 6.12. The van der Waals surface area contributed by atoms with Gasteiger partial charge in [0, 0.05) is 5.92 Å². The number of Topliss-reactive ketones (excluding diaryl/α,β-unsaturated/α-hetero) is 1. The molecule has 2 aliphatic rings. The van der Waals surface area contributed by atoms with Gasteiger partial charge in [0.15, 0.2) is 5.78 Å². The molecule has 190 valence electrons. The minimum atomic E-state index is -2.91. The van der Waals surface area contributed by atoms with E-state index in [1.807, 2.05) is 42.5 Å². The van der Waals surface area contributed by atoms with E-state index in [4.69, 9.17) is 9.16 Å². The van der Waals surface area contributed by atoms with Gasteiger partial charge in [-0.3, -0.25) is 9.59 Å². The molecule has 1 unspecified atom stereocenters. The van der Waals surface area contributed by atoms with Crippen molar-refractivity contribution in [1.29, 1.82) is 0 Å². The molecular formula is C31H38O4Si. The van der Waals surface area contributed by atoms with E-state index >= 15 is 0 Å². The zero-order chi connectivity index (χ0) is 26.1. The van der Waals surface area contributed by atoms with Crippen LogP contribution in [0.3, 0.4) is 0 Å². The highest BCUT2D eigenvalue weighted by Crippen LogP contribution is 2.56. The first-order valence-corrected chi connectivity index (χ1v) is 14.7. The Morgan fingerprint density at radius 2 is 1.61 bits per heavy atom. The third-order valence-electron chi connectivity index (χ3n) is 8.25. The van der Waals surface area contributed by atoms with E-state index in [9.17, 15) is 9.59 Å². The first kappa shape index (κ1) is 26.3. The van der Waals surface area contributed by atoms with Crippen LogP contribution in [-0.2, 0) is 18.8 Å². The van der Waals surface area contributed by atoms with Crippen LogP contribution in [0.15, 0.2) is 85.0 Å². The molecule has 0 aromatic heterocycles. The molecule has 1 fully saturated rings. The van der Waals surface area contributed by atoms with Crippen LogP contribution >= 0.6 is 0 Å². The maximum absolute atomic E-state index is 13.9. The zero-order valence-corrected chi connectivity index (χ0v) is 23.1. The van der Waals surface area contributed by atoms with Gasteiger partial charge in [0.1, 0.15) is 5.92 Å². The number of methoxy groups -OCH3 is 1. The van der Waals surface area contributed by atoms with Crippen molar-refractivity contribution in [2.45, 2.75) is 45.6 Å². The molecule has 2 aromatic rings. The van der Waals surface area contributed by atoms with Gasteiger partial charge in [-0.1, -0.05) is 113 Å². The monoisotopic (exact) mass is 502 g/mol. The average molecular weight is 503 g/mol. The Hall–Kier alpha value is -2.76. The predicted molar refractivity (Wildman–Crippen MR) is 147 cm³/mol. The Kier molecular flexibility index (Phi) is 7.27. The van der Waals surface area contributed by atoms with Crippen molar-refractivity contribution in [2.75, 3.05) is 13.7 Å². The number of allylic oxidation sites excluding steroid dienone is 3. The van der Waals surface area contributed by atoms with E-state index in [1.165, 1.54) is 7.11 Å². The number of ether oxygens (including phenoxy) is 1. The minimum absolute atomic E-state index is 0.0623. The van der Waals surface area contributed by atoms with Gasteiger partial charge in [-0.2, -0.15) is 0 Å². The maximum Gasteiger partial charge on any atom is 0.316 e. The molecule has 5 heteroatoms. The number of rotatable bonds is 8. The molecule has 0 spiro atoms. The van der Waals surface area contributed by atoms with Crippen molar-refractivity contribution in [3.8, 4) is 0 Å². The van der Waals surface area contributed by atoms with Gasteiger partial charge in [0.25, 0.3) is 8.32 Å². The smallest absolute Gasteiger partial charge is 0.316 e. The molecule has 0 saturated heterocycles. The molecule has 4 nitrogen and oxygen atoms in total. The molecule has 0 amide bonds. The van der Waals surface area contributed by atoms with Crippen LogP contribution in [0.25, 0.3) is 0 Å². The molecule has 4 atom stereocenters. The number of carbonyl (C=O) groups is 2. The van der Waals surface area contributed by atoms with E-state index in [-0.39, 0.29) is 34.7 Å². The van der Waals surface area contributed by atoms with Crippen LogP contribution < -0.4 is 10.4 Å². The first-order chi connectivity index (χ1) is 17.0. The van der Waals surface area contributed by atoms with Crippen molar-refractivity contribution in [3.05, 3.63) is 85.0 Å². The fraction of sp³-hybridized carbons (Fsp3) is 0.419. The molecule has 36 heavy (non-hydrogen) atoms. The molecule has 1 saturated carbocycles. The normalized spacial score (nSPS) is 24.4. The molecule has 2 aromatic carbocycles. The van der Waals surface area contributed by atoms with Gasteiger partial charge in [0.2, 0.25) is 0 Å². The van der Waals surface area contributed by atoms with Crippen molar-refractivity contribution in [2.24, 2.45) is 23.2 Å². The fourth-order valence-electron chi connectivity index (χ4n) is 6.51. The second-order valence-corrected chi connectivity index (χ2v) is 15.8. The lowest BCUT2D eigenvalue weighted by Crippen LogP contribution is -2.67. The highest BCUT2D eigenvalue weighted by atomic mass is 28.4. The lowest BCUT2D eigenvalue weighted by molar-refractivity contribution is -0.152. The van der Waals surface area contributed by atoms with Gasteiger partial charge in [-0.05, 0) is 39.6 Å². The topological polar surface area (TPSA) is 52.6 Å². The highest BCUT2D eigenvalue weighted by Gasteiger charge is 2.54. The Bertz CT molecular complexity index is 1110. The van der Waals surface area contributed by atoms with Crippen LogP contribution in [0.5, 0.6) is 0 Å². The van der Waals surface area contributed by atoms with Gasteiger partial charge in [-0.25, -0.2) is 0 Å². The zero-order valence-electron chi connectivity index (χ0n) is 22.1. The molecule has 0 aliphatic heterocycles. The van der Waals surface area contributed by atoms with Crippen LogP contribution in [0.1, 0.15) is 40.5 Å². The number of benzene rings is 2. The molecule has 4 rings (SSSR count). The lowest BCUT2D eigenvalue weighted by atomic mass is 9.72. The maximum atomic E-state index is 13.9. The van der Waals surface area contributed by atoms with Crippen LogP contribution in [0, 0.1) is 23.2 Å². The fourth-order valence-corrected chi connectivity index (χ4v) is 11.0. The highest BCUT2D eigenvalue weighted by molar-refractivity contribution is 6.99. The van der Waals surface area contributed by atoms with E-state index < -0.39 is 20.2 Å². The molecule has 0 heterocycles. The first-order valence-electron chi connectivity index (χ1n) is 12.8. The van der Waals surface area contributed by atoms with Crippen LogP contribution in [0.4, 0.5) is 0 Å². The standard InChI is InChI=1S/C31H38O4Si/c1-22-17-19-31(5)20-18-25(28(22)31)27(29(33)34-6)26(32)21-35-36(30(2,3)4,23-13-9-7-10-14-23)24-15-11-8-12-16-24/h7-16,18,20,25,27-28H,1,17,19,21H2,2-6H3/t25-,27?,28-,31+/m1/s1. The molecule has 0 N–H and O–H groups in total. The molecular weight excluding hydrogens is 464 g/mol. The number of fused-ring (bicyclic) bond motifs is 1. The number of esters is 1. The molecule has 2 aliphatic carbocycles. The Morgan fingerprint density at radius 1 is 1.06 bits per heavy atom.